The molecule has 0 saturated carbocycles. The number of hydrogen-bond acceptors (Lipinski definition) is 4. The maximum Gasteiger partial charge on any atom is 0.410 e. The average molecular weight is 520 g/mol. The molecule has 5 nitrogen and oxygen atoms in total. The number of aliphatic hydroxyl groups is 1. The van der Waals surface area contributed by atoms with Crippen molar-refractivity contribution in [2.45, 2.75) is 31.8 Å². The van der Waals surface area contributed by atoms with Crippen molar-refractivity contribution in [2.24, 2.45) is 0 Å². The maximum atomic E-state index is 12.7. The number of amides is 1. The van der Waals surface area contributed by atoms with Crippen LogP contribution in [0, 0.1) is 0 Å². The van der Waals surface area contributed by atoms with Crippen LogP contribution < -0.4 is 0 Å². The van der Waals surface area contributed by atoms with Gasteiger partial charge in [-0.2, -0.15) is 0 Å². The van der Waals surface area contributed by atoms with Crippen LogP contribution in [-0.2, 0) is 24.4 Å². The summed E-state index contributed by atoms with van der Waals surface area (Å²) in [7, 11) is 0. The molecule has 0 spiro atoms. The van der Waals surface area contributed by atoms with Gasteiger partial charge >= 0.3 is 6.09 Å². The molecule has 1 saturated heterocycles. The molecule has 0 aliphatic carbocycles. The van der Waals surface area contributed by atoms with E-state index in [1.54, 1.807) is 17.0 Å². The third-order valence-corrected chi connectivity index (χ3v) is 6.87. The topological polar surface area (TPSA) is 53.0 Å². The highest BCUT2D eigenvalue weighted by atomic mass is 35.5. The molecular weight excluding hydrogens is 495 g/mol. The first kappa shape index (κ1) is 24.8. The van der Waals surface area contributed by atoms with Crippen LogP contribution >= 0.6 is 34.8 Å². The van der Waals surface area contributed by atoms with Gasteiger partial charge in [-0.1, -0.05) is 89.4 Å². The lowest BCUT2D eigenvalue weighted by Gasteiger charge is -2.31. The molecule has 4 rings (SSSR count). The highest BCUT2D eigenvalue weighted by molar-refractivity contribution is 6.35. The van der Waals surface area contributed by atoms with Crippen molar-refractivity contribution >= 4 is 40.9 Å². The van der Waals surface area contributed by atoms with Crippen LogP contribution in [0.15, 0.2) is 72.8 Å². The average Bonchev–Trinajstić information content (AvgIpc) is 3.22. The summed E-state index contributed by atoms with van der Waals surface area (Å²) in [6.45, 7) is 1.62. The molecule has 34 heavy (non-hydrogen) atoms. The molecule has 0 unspecified atom stereocenters. The molecule has 0 aromatic heterocycles. The first-order valence-electron chi connectivity index (χ1n) is 11.0. The summed E-state index contributed by atoms with van der Waals surface area (Å²) in [5.74, 6) is 0. The van der Waals surface area contributed by atoms with Crippen LogP contribution in [-0.4, -0.2) is 46.2 Å². The van der Waals surface area contributed by atoms with E-state index >= 15 is 0 Å². The quantitative estimate of drug-likeness (QED) is 0.414. The number of ether oxygens (including phenoxy) is 1. The van der Waals surface area contributed by atoms with Gasteiger partial charge in [0, 0.05) is 34.7 Å². The molecular formula is C26H25Cl3N2O3. The number of benzene rings is 3. The molecule has 8 heteroatoms. The van der Waals surface area contributed by atoms with Crippen LogP contribution in [0.1, 0.15) is 16.7 Å². The number of aliphatic hydroxyl groups excluding tert-OH is 1. The number of halogens is 3. The third-order valence-electron chi connectivity index (χ3n) is 5.91. The Labute approximate surface area is 214 Å². The van der Waals surface area contributed by atoms with E-state index < -0.39 is 12.2 Å². The van der Waals surface area contributed by atoms with Crippen LogP contribution in [0.4, 0.5) is 4.79 Å². The van der Waals surface area contributed by atoms with Crippen molar-refractivity contribution in [3.05, 3.63) is 105 Å². The largest absolute Gasteiger partial charge is 0.445 e. The second kappa shape index (κ2) is 11.4. The Morgan fingerprint density at radius 2 is 1.59 bits per heavy atom. The van der Waals surface area contributed by atoms with Crippen LogP contribution in [0.25, 0.3) is 0 Å². The molecule has 3 aromatic rings. The van der Waals surface area contributed by atoms with Crippen molar-refractivity contribution in [2.75, 3.05) is 13.1 Å². The first-order chi connectivity index (χ1) is 16.4. The second-order valence-electron chi connectivity index (χ2n) is 8.31. The standard InChI is InChI=1S/C26H25Cl3N2O3/c27-21-11-10-20(23(29)12-21)14-30(13-19-8-4-5-9-22(19)28)24-15-31(16-25(24)32)26(33)34-17-18-6-2-1-3-7-18/h1-12,24-25,32H,13-17H2/t24-,25-/m1/s1. The summed E-state index contributed by atoms with van der Waals surface area (Å²) >= 11 is 18.9. The molecule has 1 heterocycles. The van der Waals surface area contributed by atoms with E-state index in [9.17, 15) is 9.90 Å². The molecule has 1 fully saturated rings. The van der Waals surface area contributed by atoms with Crippen molar-refractivity contribution in [3.63, 3.8) is 0 Å². The Hall–Kier alpha value is -2.28. The molecule has 0 radical (unpaired) electrons. The zero-order valence-corrected chi connectivity index (χ0v) is 20.7. The van der Waals surface area contributed by atoms with Crippen LogP contribution in [0.3, 0.4) is 0 Å². The zero-order chi connectivity index (χ0) is 24.1. The predicted molar refractivity (Wildman–Crippen MR) is 135 cm³/mol. The first-order valence-corrected chi connectivity index (χ1v) is 12.1. The normalized spacial score (nSPS) is 17.9. The highest BCUT2D eigenvalue weighted by Crippen LogP contribution is 2.28. The SMILES string of the molecule is O=C(OCc1ccccc1)N1C[C@@H](O)[C@H](N(Cc2ccccc2Cl)Cc2ccc(Cl)cc2Cl)C1. The van der Waals surface area contributed by atoms with Crippen molar-refractivity contribution in [3.8, 4) is 0 Å². The fourth-order valence-corrected chi connectivity index (χ4v) is 4.76. The molecule has 1 N–H and O–H groups in total. The number of carbonyl (C=O) groups excluding carboxylic acids is 1. The lowest BCUT2D eigenvalue weighted by atomic mass is 10.1. The van der Waals surface area contributed by atoms with Gasteiger partial charge in [-0.25, -0.2) is 4.79 Å². The monoisotopic (exact) mass is 518 g/mol. The van der Waals surface area contributed by atoms with E-state index in [4.69, 9.17) is 39.5 Å². The number of carbonyl (C=O) groups is 1. The minimum Gasteiger partial charge on any atom is -0.445 e. The van der Waals surface area contributed by atoms with Gasteiger partial charge in [0.05, 0.1) is 18.7 Å². The summed E-state index contributed by atoms with van der Waals surface area (Å²) in [6.07, 6.45) is -1.20. The lowest BCUT2D eigenvalue weighted by Crippen LogP contribution is -2.42. The van der Waals surface area contributed by atoms with Gasteiger partial charge in [-0.15, -0.1) is 0 Å². The predicted octanol–water partition coefficient (Wildman–Crippen LogP) is 6.03. The van der Waals surface area contributed by atoms with E-state index in [0.29, 0.717) is 34.7 Å². The second-order valence-corrected chi connectivity index (χ2v) is 9.56. The van der Waals surface area contributed by atoms with E-state index in [1.165, 1.54) is 0 Å². The molecule has 3 aromatic carbocycles. The van der Waals surface area contributed by atoms with Gasteiger partial charge in [0.1, 0.15) is 6.61 Å². The Bertz CT molecular complexity index is 1130. The minimum atomic E-state index is -0.752. The van der Waals surface area contributed by atoms with E-state index in [1.807, 2.05) is 60.7 Å². The third kappa shape index (κ3) is 6.23. The number of nitrogens with zero attached hydrogens (tertiary/aromatic N) is 2. The molecule has 0 bridgehead atoms. The van der Waals surface area contributed by atoms with Gasteiger partial charge in [0.15, 0.2) is 0 Å². The number of rotatable bonds is 7. The summed E-state index contributed by atoms with van der Waals surface area (Å²) in [4.78, 5) is 16.3. The van der Waals surface area contributed by atoms with Crippen molar-refractivity contribution in [1.29, 1.82) is 0 Å². The van der Waals surface area contributed by atoms with E-state index in [0.717, 1.165) is 16.7 Å². The molecule has 1 aliphatic rings. The summed E-state index contributed by atoms with van der Waals surface area (Å²) < 4.78 is 5.48. The Morgan fingerprint density at radius 3 is 2.29 bits per heavy atom. The summed E-state index contributed by atoms with van der Waals surface area (Å²) in [5, 5.41) is 12.7. The fourth-order valence-electron chi connectivity index (χ4n) is 4.09. The Balaban J connectivity index is 1.50. The van der Waals surface area contributed by atoms with Gasteiger partial charge < -0.3 is 14.7 Å². The van der Waals surface area contributed by atoms with E-state index in [2.05, 4.69) is 4.90 Å². The molecule has 2 atom stereocenters. The van der Waals surface area contributed by atoms with E-state index in [-0.39, 0.29) is 19.2 Å². The number of β-amino-alcohol motifs (C(OH)–C–C–N with tert-alkyl or cyclic N) is 1. The number of likely N-dealkylation sites (tertiary alicyclic amines) is 1. The summed E-state index contributed by atoms with van der Waals surface area (Å²) in [6, 6.07) is 22.1. The maximum absolute atomic E-state index is 12.7. The Kier molecular flexibility index (Phi) is 8.35. The zero-order valence-electron chi connectivity index (χ0n) is 18.4. The Morgan fingerprint density at radius 1 is 0.912 bits per heavy atom. The van der Waals surface area contributed by atoms with Crippen LogP contribution in [0.2, 0.25) is 15.1 Å². The smallest absolute Gasteiger partial charge is 0.410 e. The van der Waals surface area contributed by atoms with Gasteiger partial charge in [0.2, 0.25) is 0 Å². The fraction of sp³-hybridized carbons (Fsp3) is 0.269. The highest BCUT2D eigenvalue weighted by Gasteiger charge is 2.38. The van der Waals surface area contributed by atoms with Crippen molar-refractivity contribution in [1.82, 2.24) is 9.80 Å². The van der Waals surface area contributed by atoms with Gasteiger partial charge in [-0.3, -0.25) is 4.90 Å². The number of hydrogen-bond donors (Lipinski definition) is 1. The van der Waals surface area contributed by atoms with Crippen LogP contribution in [0.5, 0.6) is 0 Å². The molecule has 178 valence electrons. The molecule has 1 amide bonds. The minimum absolute atomic E-state index is 0.181. The lowest BCUT2D eigenvalue weighted by molar-refractivity contribution is 0.0728. The molecule has 1 aliphatic heterocycles. The summed E-state index contributed by atoms with van der Waals surface area (Å²) in [5.41, 5.74) is 2.70. The van der Waals surface area contributed by atoms with Crippen molar-refractivity contribution < 1.29 is 14.6 Å². The van der Waals surface area contributed by atoms with Gasteiger partial charge in [-0.05, 0) is 34.9 Å². The van der Waals surface area contributed by atoms with Gasteiger partial charge in [0.25, 0.3) is 0 Å².